The Morgan fingerprint density at radius 2 is 1.76 bits per heavy atom. The summed E-state index contributed by atoms with van der Waals surface area (Å²) in [5, 5.41) is 18.0. The van der Waals surface area contributed by atoms with Crippen molar-refractivity contribution in [3.05, 3.63) is 0 Å². The third-order valence-corrected chi connectivity index (χ3v) is 10.6. The Hall–Kier alpha value is -2.40. The maximum absolute atomic E-state index is 13.9. The van der Waals surface area contributed by atoms with E-state index in [2.05, 4.69) is 10.6 Å². The van der Waals surface area contributed by atoms with Crippen LogP contribution in [-0.2, 0) is 38.1 Å². The molecule has 2 rings (SSSR count). The second kappa shape index (κ2) is 18.9. The first-order valence-corrected chi connectivity index (χ1v) is 17.7. The molecule has 0 aliphatic carbocycles. The minimum absolute atomic E-state index is 0.0114. The number of likely N-dealkylation sites (N-methyl/N-ethyl adjacent to an activating group) is 2. The number of methoxy groups -OCH3 is 1. The summed E-state index contributed by atoms with van der Waals surface area (Å²) in [5.41, 5.74) is 3.13. The van der Waals surface area contributed by atoms with Gasteiger partial charge in [-0.3, -0.25) is 14.4 Å². The van der Waals surface area contributed by atoms with Crippen LogP contribution in [0.2, 0.25) is 0 Å². The fourth-order valence-electron chi connectivity index (χ4n) is 7.27. The number of aliphatic hydroxyl groups is 1. The fraction of sp³-hybridized carbons (Fsp3) is 0.886. The zero-order chi connectivity index (χ0) is 38.1. The normalized spacial score (nSPS) is 38.2. The second-order valence-electron chi connectivity index (χ2n) is 15.2. The van der Waals surface area contributed by atoms with Gasteiger partial charge in [0.25, 0.3) is 0 Å². The van der Waals surface area contributed by atoms with E-state index >= 15 is 0 Å². The fourth-order valence-corrected chi connectivity index (χ4v) is 7.27. The highest BCUT2D eigenvalue weighted by molar-refractivity contribution is 5.97. The molecule has 15 heteroatoms. The first-order valence-electron chi connectivity index (χ1n) is 17.7. The number of ketones is 1. The molecule has 290 valence electrons. The van der Waals surface area contributed by atoms with Crippen molar-refractivity contribution in [2.45, 2.75) is 128 Å². The highest BCUT2D eigenvalue weighted by Gasteiger charge is 2.50. The molecule has 5 N–H and O–H groups in total. The van der Waals surface area contributed by atoms with Gasteiger partial charge in [0.15, 0.2) is 11.9 Å². The molecule has 2 amide bonds. The maximum Gasteiger partial charge on any atom is 0.405 e. The molecule has 0 aromatic carbocycles. The number of primary amides is 1. The number of ether oxygens (including phenoxy) is 5. The average molecular weight is 716 g/mol. The predicted molar refractivity (Wildman–Crippen MR) is 187 cm³/mol. The molecular formula is C35H65N5O10. The zero-order valence-electron chi connectivity index (χ0n) is 32.3. The SMILES string of the molecule is CC[C@H]1OC(=O)CC(=O)[C@H](C)[C@@H](O[C@@H]2OC(CNC(=O)CN(C)C)CC(N(C)C)C2O)[C@](C)(OC)C[C@@H](C)CN[C@H](C)[C@@H](C)[C@]1(C)OC(N)=O. The first kappa shape index (κ1) is 43.8. The summed E-state index contributed by atoms with van der Waals surface area (Å²) in [6, 6.07) is -0.582. The Bertz CT molecular complexity index is 1140. The van der Waals surface area contributed by atoms with E-state index in [9.17, 15) is 24.3 Å². The van der Waals surface area contributed by atoms with Gasteiger partial charge in [-0.2, -0.15) is 0 Å². The molecule has 50 heavy (non-hydrogen) atoms. The number of rotatable bonds is 10. The standard InChI is InChI=1S/C35H65N5O10/c1-13-27-35(7,50-33(36)45)22(4)23(5)37-17-20(2)16-34(6,46-12)31(21(3)26(41)15-29(43)48-27)49-32-30(44)25(40(10)11)14-24(47-32)18-38-28(42)19-39(8)9/h20-25,27,30-32,37,44H,13-19H2,1-12H3,(H2,36,45)(H,38,42)/t20-,21+,22-,23-,24?,25?,27-,30?,31-,32+,34-,35+/m1/s1. The minimum atomic E-state index is -1.28. The molecule has 0 aromatic rings. The Morgan fingerprint density at radius 1 is 1.12 bits per heavy atom. The van der Waals surface area contributed by atoms with Crippen LogP contribution in [0.4, 0.5) is 4.79 Å². The van der Waals surface area contributed by atoms with Crippen molar-refractivity contribution in [2.24, 2.45) is 23.5 Å². The van der Waals surface area contributed by atoms with Crippen LogP contribution in [0.25, 0.3) is 0 Å². The summed E-state index contributed by atoms with van der Waals surface area (Å²) >= 11 is 0. The van der Waals surface area contributed by atoms with Gasteiger partial charge < -0.3 is 55.0 Å². The Kier molecular flexibility index (Phi) is 16.5. The van der Waals surface area contributed by atoms with E-state index in [1.807, 2.05) is 46.7 Å². The van der Waals surface area contributed by atoms with Crippen LogP contribution < -0.4 is 16.4 Å². The molecule has 2 aliphatic heterocycles. The average Bonchev–Trinajstić information content (AvgIpc) is 3.02. The van der Waals surface area contributed by atoms with Crippen LogP contribution in [0, 0.1) is 17.8 Å². The number of nitrogens with one attached hydrogen (secondary N) is 2. The van der Waals surface area contributed by atoms with Crippen molar-refractivity contribution < 1.29 is 48.0 Å². The maximum atomic E-state index is 13.9. The van der Waals surface area contributed by atoms with Crippen LogP contribution in [0.5, 0.6) is 0 Å². The van der Waals surface area contributed by atoms with Gasteiger partial charge in [-0.1, -0.05) is 27.7 Å². The summed E-state index contributed by atoms with van der Waals surface area (Å²) < 4.78 is 30.6. The lowest BCUT2D eigenvalue weighted by Crippen LogP contribution is -2.60. The Morgan fingerprint density at radius 3 is 2.30 bits per heavy atom. The minimum Gasteiger partial charge on any atom is -0.458 e. The van der Waals surface area contributed by atoms with Crippen LogP contribution in [0.1, 0.15) is 74.1 Å². The highest BCUT2D eigenvalue weighted by Crippen LogP contribution is 2.37. The largest absolute Gasteiger partial charge is 0.458 e. The number of esters is 1. The molecule has 0 radical (unpaired) electrons. The third-order valence-electron chi connectivity index (χ3n) is 10.6. The van der Waals surface area contributed by atoms with Gasteiger partial charge in [0, 0.05) is 37.6 Å². The van der Waals surface area contributed by atoms with Gasteiger partial charge in [-0.15, -0.1) is 0 Å². The number of carbonyl (C=O) groups is 4. The molecule has 12 atom stereocenters. The van der Waals surface area contributed by atoms with Crippen molar-refractivity contribution >= 4 is 23.8 Å². The number of amides is 2. The summed E-state index contributed by atoms with van der Waals surface area (Å²) in [4.78, 5) is 55.4. The number of cyclic esters (lactones) is 1. The second-order valence-corrected chi connectivity index (χ2v) is 15.2. The number of carbonyl (C=O) groups excluding carboxylic acids is 4. The van der Waals surface area contributed by atoms with E-state index in [1.165, 1.54) is 0 Å². The summed E-state index contributed by atoms with van der Waals surface area (Å²) in [5.74, 6) is -2.67. The van der Waals surface area contributed by atoms with Crippen molar-refractivity contribution in [3.63, 3.8) is 0 Å². The molecule has 0 spiro atoms. The molecular weight excluding hydrogens is 650 g/mol. The lowest BCUT2D eigenvalue weighted by atomic mass is 9.79. The van der Waals surface area contributed by atoms with Crippen molar-refractivity contribution in [3.8, 4) is 0 Å². The molecule has 15 nitrogen and oxygen atoms in total. The van der Waals surface area contributed by atoms with E-state index in [1.54, 1.807) is 46.9 Å². The quantitative estimate of drug-likeness (QED) is 0.187. The summed E-state index contributed by atoms with van der Waals surface area (Å²) in [7, 11) is 8.84. The predicted octanol–water partition coefficient (Wildman–Crippen LogP) is 1.29. The van der Waals surface area contributed by atoms with Gasteiger partial charge in [-0.25, -0.2) is 4.79 Å². The number of aliphatic hydroxyl groups excluding tert-OH is 1. The molecule has 0 bridgehead atoms. The first-order chi connectivity index (χ1) is 23.2. The van der Waals surface area contributed by atoms with Crippen LogP contribution in [0.3, 0.4) is 0 Å². The molecule has 2 aliphatic rings. The number of nitrogens with zero attached hydrogens (tertiary/aromatic N) is 2. The van der Waals surface area contributed by atoms with Crippen LogP contribution in [-0.4, -0.2) is 148 Å². The Balaban J connectivity index is 2.51. The summed E-state index contributed by atoms with van der Waals surface area (Å²) in [6.45, 7) is 13.9. The van der Waals surface area contributed by atoms with E-state index in [0.29, 0.717) is 25.8 Å². The van der Waals surface area contributed by atoms with E-state index in [-0.39, 0.29) is 42.9 Å². The van der Waals surface area contributed by atoms with Crippen molar-refractivity contribution in [2.75, 3.05) is 54.9 Å². The lowest BCUT2D eigenvalue weighted by molar-refractivity contribution is -0.296. The van der Waals surface area contributed by atoms with Crippen LogP contribution in [0.15, 0.2) is 0 Å². The topological polar surface area (TPSA) is 191 Å². The lowest BCUT2D eigenvalue weighted by Gasteiger charge is -2.47. The van der Waals surface area contributed by atoms with E-state index < -0.39 is 72.1 Å². The van der Waals surface area contributed by atoms with Gasteiger partial charge in [0.05, 0.1) is 24.4 Å². The number of hydrogen-bond donors (Lipinski definition) is 4. The van der Waals surface area contributed by atoms with Crippen molar-refractivity contribution in [1.29, 1.82) is 0 Å². The van der Waals surface area contributed by atoms with E-state index in [0.717, 1.165) is 0 Å². The highest BCUT2D eigenvalue weighted by atomic mass is 16.7. The molecule has 2 fully saturated rings. The van der Waals surface area contributed by atoms with Crippen molar-refractivity contribution in [1.82, 2.24) is 20.4 Å². The van der Waals surface area contributed by atoms with Gasteiger partial charge in [0.1, 0.15) is 24.4 Å². The smallest absolute Gasteiger partial charge is 0.405 e. The molecule has 3 unspecified atom stereocenters. The molecule has 0 aromatic heterocycles. The number of Topliss-reactive ketones (excluding diaryl/α,β-unsaturated/α-hetero) is 1. The van der Waals surface area contributed by atoms with Crippen LogP contribution >= 0.6 is 0 Å². The molecule has 2 heterocycles. The molecule has 0 saturated carbocycles. The monoisotopic (exact) mass is 715 g/mol. The number of nitrogens with two attached hydrogens (primary N) is 1. The number of hydrogen-bond acceptors (Lipinski definition) is 13. The van der Waals surface area contributed by atoms with Gasteiger partial charge in [0.2, 0.25) is 5.91 Å². The zero-order valence-corrected chi connectivity index (χ0v) is 32.3. The third kappa shape index (κ3) is 11.6. The Labute approximate surface area is 298 Å². The summed E-state index contributed by atoms with van der Waals surface area (Å²) in [6.07, 6.45) is -5.01. The van der Waals surface area contributed by atoms with E-state index in [4.69, 9.17) is 29.4 Å². The van der Waals surface area contributed by atoms with Gasteiger partial charge in [-0.05, 0) is 80.7 Å². The van der Waals surface area contributed by atoms with Gasteiger partial charge >= 0.3 is 12.1 Å². The molecule has 2 saturated heterocycles.